The van der Waals surface area contributed by atoms with Crippen molar-refractivity contribution in [3.05, 3.63) is 77.5 Å². The molecular weight excluding hydrogens is 985 g/mol. The molecule has 0 aliphatic carbocycles. The van der Waals surface area contributed by atoms with Gasteiger partial charge in [-0.3, -0.25) is 36.8 Å². The maximum atomic E-state index is 15.5. The summed E-state index contributed by atoms with van der Waals surface area (Å²) in [7, 11) is -14.4. The summed E-state index contributed by atoms with van der Waals surface area (Å²) in [6, 6.07) is 12.1. The highest BCUT2D eigenvalue weighted by atomic mass is 31.2. The van der Waals surface area contributed by atoms with E-state index in [9.17, 15) is 29.4 Å². The van der Waals surface area contributed by atoms with E-state index >= 15 is 4.57 Å². The number of benzene rings is 1. The summed E-state index contributed by atoms with van der Waals surface area (Å²) >= 11 is 0. The second kappa shape index (κ2) is 20.6. The number of phosphoric ester groups is 1. The second-order valence-electron chi connectivity index (χ2n) is 20.0. The molecule has 4 aromatic heterocycles. The monoisotopic (exact) mass is 1050 g/mol. The molecule has 0 radical (unpaired) electrons. The summed E-state index contributed by atoms with van der Waals surface area (Å²) in [6.07, 6.45) is -2.51. The van der Waals surface area contributed by atoms with Crippen molar-refractivity contribution in [2.24, 2.45) is 0 Å². The smallest absolute Gasteiger partial charge is 0.408 e. The van der Waals surface area contributed by atoms with Crippen LogP contribution in [0, 0.1) is 11.3 Å². The Hall–Kier alpha value is -4.36. The molecule has 6 heterocycles. The van der Waals surface area contributed by atoms with Crippen molar-refractivity contribution in [1.82, 2.24) is 34.1 Å². The molecule has 70 heavy (non-hydrogen) atoms. The normalized spacial score (nSPS) is 24.7. The number of aromatic nitrogens is 7. The number of nitrogens with one attached hydrogen (secondary N) is 2. The highest BCUT2D eigenvalue weighted by Crippen LogP contribution is 2.57. The lowest BCUT2D eigenvalue weighted by molar-refractivity contribution is -0.103. The zero-order valence-corrected chi connectivity index (χ0v) is 44.5. The number of nitriles is 1. The zero-order chi connectivity index (χ0) is 51.0. The molecule has 27 heteroatoms. The van der Waals surface area contributed by atoms with Gasteiger partial charge in [0.1, 0.15) is 36.8 Å². The van der Waals surface area contributed by atoms with Crippen LogP contribution in [-0.2, 0) is 51.3 Å². The van der Waals surface area contributed by atoms with Crippen LogP contribution in [0.25, 0.3) is 22.2 Å². The molecule has 2 aliphatic heterocycles. The Labute approximate surface area is 407 Å². The summed E-state index contributed by atoms with van der Waals surface area (Å²) < 4.78 is 82.5. The lowest BCUT2D eigenvalue weighted by Crippen LogP contribution is -2.57. The number of aromatic amines is 1. The number of aliphatic hydroxyl groups is 1. The minimum atomic E-state index is -4.96. The Bertz CT molecular complexity index is 2850. The third-order valence-corrected chi connectivity index (χ3v) is 24.2. The fourth-order valence-corrected chi connectivity index (χ4v) is 12.3. The van der Waals surface area contributed by atoms with Gasteiger partial charge in [0.2, 0.25) is 0 Å². The van der Waals surface area contributed by atoms with Crippen molar-refractivity contribution < 1.29 is 60.3 Å². The first-order chi connectivity index (χ1) is 32.8. The lowest BCUT2D eigenvalue weighted by atomic mass is 10.1. The van der Waals surface area contributed by atoms with E-state index in [1.807, 2.05) is 73.8 Å². The van der Waals surface area contributed by atoms with Gasteiger partial charge in [-0.15, -0.1) is 0 Å². The third-order valence-electron chi connectivity index (χ3n) is 13.4. The number of fused-ring (bicyclic) bond motifs is 2. The number of hydrogen-bond acceptors (Lipinski definition) is 18. The summed E-state index contributed by atoms with van der Waals surface area (Å²) in [5.74, 6) is -0.370. The van der Waals surface area contributed by atoms with E-state index in [-0.39, 0.29) is 35.5 Å². The Kier molecular flexibility index (Phi) is 15.8. The Morgan fingerprint density at radius 3 is 2.36 bits per heavy atom. The van der Waals surface area contributed by atoms with Gasteiger partial charge in [0.05, 0.1) is 57.1 Å². The van der Waals surface area contributed by atoms with Gasteiger partial charge >= 0.3 is 16.1 Å². The standard InChI is InChI=1S/C43H61N9O14P2Si2/c1-41(2,3)69(7,8)65-33-30(62-40(34(33)63-67(56)57)51-25-48-31-28(51)17-19-45-39(31)55)22-61-68(58,60-20-14-18-44)64-35-29(21-53)59-23-43(35,66-70(9,10)42(4,5)6)52-26-49-32-36(46-24-47-37(32)52)50-38(54)27-15-12-11-13-16-27/h11-13,15-17,19,24-26,29-30,33-35,40,53,67H,14,20-23H2,1-10H3,(H,45,55)(H,56,57)(H,46,47,50,54)/t29?,30?,33?,34-,35-,40-,43+,68?/m1/s1. The van der Waals surface area contributed by atoms with Crippen LogP contribution >= 0.6 is 16.1 Å². The molecule has 5 aromatic rings. The van der Waals surface area contributed by atoms with Crippen molar-refractivity contribution in [3.63, 3.8) is 0 Å². The molecule has 0 bridgehead atoms. The molecule has 4 N–H and O–H groups in total. The van der Waals surface area contributed by atoms with E-state index in [0.29, 0.717) is 11.1 Å². The summed E-state index contributed by atoms with van der Waals surface area (Å²) in [6.45, 7) is 17.9. The van der Waals surface area contributed by atoms with Gasteiger partial charge in [0, 0.05) is 11.8 Å². The molecule has 1 amide bonds. The summed E-state index contributed by atoms with van der Waals surface area (Å²) in [5.41, 5.74) is -1.21. The first-order valence-electron chi connectivity index (χ1n) is 22.5. The molecule has 9 atom stereocenters. The average molecular weight is 1050 g/mol. The van der Waals surface area contributed by atoms with Crippen LogP contribution in [0.1, 0.15) is 64.5 Å². The molecule has 0 spiro atoms. The minimum Gasteiger partial charge on any atom is -0.408 e. The van der Waals surface area contributed by atoms with E-state index in [0.717, 1.165) is 0 Å². The molecule has 5 unspecified atom stereocenters. The van der Waals surface area contributed by atoms with Crippen LogP contribution in [0.15, 0.2) is 66.4 Å². The van der Waals surface area contributed by atoms with Gasteiger partial charge < -0.3 is 43.2 Å². The quantitative estimate of drug-likeness (QED) is 0.0396. The molecule has 1 aromatic carbocycles. The van der Waals surface area contributed by atoms with Crippen LogP contribution < -0.4 is 10.9 Å². The number of aliphatic hydroxyl groups excluding tert-OH is 1. The Morgan fingerprint density at radius 2 is 1.70 bits per heavy atom. The van der Waals surface area contributed by atoms with E-state index in [2.05, 4.69) is 30.2 Å². The first-order valence-corrected chi connectivity index (χ1v) is 31.1. The first kappa shape index (κ1) is 53.4. The fourth-order valence-electron chi connectivity index (χ4n) is 7.65. The number of rotatable bonds is 19. The van der Waals surface area contributed by atoms with Gasteiger partial charge in [0.25, 0.3) is 11.5 Å². The topological polar surface area (TPSA) is 296 Å². The molecular formula is C43H61N9O14P2Si2. The molecule has 0 saturated carbocycles. The van der Waals surface area contributed by atoms with E-state index in [1.165, 1.54) is 34.3 Å². The zero-order valence-electron chi connectivity index (χ0n) is 40.6. The van der Waals surface area contributed by atoms with Crippen LogP contribution in [0.2, 0.25) is 36.3 Å². The molecule has 2 aliphatic rings. The van der Waals surface area contributed by atoms with Crippen LogP contribution in [-0.4, -0.2) is 124 Å². The van der Waals surface area contributed by atoms with Crippen molar-refractivity contribution in [2.75, 3.05) is 31.7 Å². The third kappa shape index (κ3) is 10.9. The molecule has 7 rings (SSSR count). The van der Waals surface area contributed by atoms with Gasteiger partial charge in [-0.2, -0.15) is 5.26 Å². The Balaban J connectivity index is 1.30. The van der Waals surface area contributed by atoms with Crippen LogP contribution in [0.5, 0.6) is 0 Å². The van der Waals surface area contributed by atoms with Gasteiger partial charge in [-0.1, -0.05) is 59.7 Å². The number of phosphoric acid groups is 1. The molecule has 2 fully saturated rings. The van der Waals surface area contributed by atoms with Crippen LogP contribution in [0.3, 0.4) is 0 Å². The summed E-state index contributed by atoms with van der Waals surface area (Å²) in [4.78, 5) is 56.7. The molecule has 23 nitrogen and oxygen atoms in total. The average Bonchev–Trinajstić information content (AvgIpc) is 4.07. The molecule has 380 valence electrons. The second-order valence-corrected chi connectivity index (χ2v) is 31.9. The van der Waals surface area contributed by atoms with E-state index in [1.54, 1.807) is 36.4 Å². The number of carbonyl (C=O) groups is 1. The fraction of sp³-hybridized carbons (Fsp3) is 0.558. The van der Waals surface area contributed by atoms with E-state index in [4.69, 9.17) is 36.4 Å². The maximum absolute atomic E-state index is 15.5. The summed E-state index contributed by atoms with van der Waals surface area (Å²) in [5, 5.41) is 22.5. The van der Waals surface area contributed by atoms with Crippen molar-refractivity contribution in [3.8, 4) is 6.07 Å². The number of imidazole rings is 2. The SMILES string of the molecule is CC(C)(C)[Si](C)(C)OC1C(COP(=O)(OCCC#N)O[C@@H]2C(CO)OC[C@@]2(O[Si](C)(C)C(C)(C)C)n2cnc3c(NC(=O)c4ccccc4)ncnc32)O[C@@H](n2cnc3c(=O)[nH]ccc32)[C@@H]1O[PH](=O)O. The largest absolute Gasteiger partial charge is 0.475 e. The number of ether oxygens (including phenoxy) is 2. The van der Waals surface area contributed by atoms with Gasteiger partial charge in [-0.25, -0.2) is 24.5 Å². The highest BCUT2D eigenvalue weighted by molar-refractivity contribution is 7.48. The van der Waals surface area contributed by atoms with Gasteiger partial charge in [0.15, 0.2) is 51.1 Å². The number of hydrogen-bond donors (Lipinski definition) is 4. The van der Waals surface area contributed by atoms with Crippen molar-refractivity contribution >= 4 is 66.6 Å². The number of nitrogens with zero attached hydrogens (tertiary/aromatic N) is 7. The number of pyridine rings is 1. The van der Waals surface area contributed by atoms with Crippen molar-refractivity contribution in [2.45, 2.75) is 127 Å². The predicted octanol–water partition coefficient (Wildman–Crippen LogP) is 6.38. The lowest BCUT2D eigenvalue weighted by Gasteiger charge is -2.46. The van der Waals surface area contributed by atoms with Crippen molar-refractivity contribution in [1.29, 1.82) is 5.26 Å². The minimum absolute atomic E-state index is 0.0674. The Morgan fingerprint density at radius 1 is 1.00 bits per heavy atom. The van der Waals surface area contributed by atoms with Gasteiger partial charge in [-0.05, 0) is 54.5 Å². The number of carbonyl (C=O) groups excluding carboxylic acids is 1. The van der Waals surface area contributed by atoms with E-state index < -0.39 is 117 Å². The number of H-pyrrole nitrogens is 1. The maximum Gasteiger partial charge on any atom is 0.475 e. The number of amides is 1. The van der Waals surface area contributed by atoms with Crippen LogP contribution in [0.4, 0.5) is 5.82 Å². The highest BCUT2D eigenvalue weighted by Gasteiger charge is 2.61. The molecule has 2 saturated heterocycles. The predicted molar refractivity (Wildman–Crippen MR) is 260 cm³/mol. The number of anilines is 1.